The molecule has 0 saturated carbocycles. The van der Waals surface area contributed by atoms with Crippen LogP contribution in [0.15, 0.2) is 46.6 Å². The van der Waals surface area contributed by atoms with Crippen LogP contribution in [0.1, 0.15) is 35.4 Å². The molecule has 1 aromatic heterocycles. The topological polar surface area (TPSA) is 44.2 Å². The van der Waals surface area contributed by atoms with E-state index in [1.165, 1.54) is 32.8 Å². The summed E-state index contributed by atoms with van der Waals surface area (Å²) in [6, 6.07) is 10.6. The van der Waals surface area contributed by atoms with Gasteiger partial charge in [0.1, 0.15) is 0 Å². The van der Waals surface area contributed by atoms with E-state index in [2.05, 4.69) is 50.8 Å². The van der Waals surface area contributed by atoms with Gasteiger partial charge in [0.05, 0.1) is 15.4 Å². The van der Waals surface area contributed by atoms with Crippen LogP contribution >= 0.6 is 31.6 Å². The fourth-order valence-corrected chi connectivity index (χ4v) is 6.25. The maximum absolute atomic E-state index is 11.8. The van der Waals surface area contributed by atoms with Crippen LogP contribution in [0.3, 0.4) is 0 Å². The molecule has 27 heavy (non-hydrogen) atoms. The lowest BCUT2D eigenvalue weighted by molar-refractivity contribution is 0.602. The van der Waals surface area contributed by atoms with Gasteiger partial charge in [0.15, 0.2) is 8.46 Å². The minimum Gasteiger partial charge on any atom is -0.364 e. The Morgan fingerprint density at radius 3 is 2.48 bits per heavy atom. The van der Waals surface area contributed by atoms with Crippen molar-refractivity contribution in [2.24, 2.45) is 0 Å². The van der Waals surface area contributed by atoms with Crippen LogP contribution in [-0.2, 0) is 4.57 Å². The highest BCUT2D eigenvalue weighted by Crippen LogP contribution is 2.48. The van der Waals surface area contributed by atoms with E-state index >= 15 is 0 Å². The number of thioether (sulfide) groups is 1. The molecule has 0 bridgehead atoms. The van der Waals surface area contributed by atoms with Gasteiger partial charge in [-0.05, 0) is 56.5 Å². The maximum Gasteiger partial charge on any atom is 0.193 e. The Bertz CT molecular complexity index is 955. The van der Waals surface area contributed by atoms with Crippen LogP contribution < -0.4 is 4.90 Å². The van der Waals surface area contributed by atoms with Crippen molar-refractivity contribution >= 4 is 47.2 Å². The van der Waals surface area contributed by atoms with E-state index in [1.807, 2.05) is 12.1 Å². The van der Waals surface area contributed by atoms with E-state index in [1.54, 1.807) is 17.4 Å². The summed E-state index contributed by atoms with van der Waals surface area (Å²) in [6.45, 7) is 10.5. The van der Waals surface area contributed by atoms with Gasteiger partial charge in [-0.2, -0.15) is 0 Å². The molecular weight excluding hydrogens is 391 g/mol. The third-order valence-electron chi connectivity index (χ3n) is 4.66. The van der Waals surface area contributed by atoms with E-state index in [-0.39, 0.29) is 8.46 Å². The minimum absolute atomic E-state index is 0.0383. The van der Waals surface area contributed by atoms with Gasteiger partial charge in [-0.3, -0.25) is 9.97 Å². The summed E-state index contributed by atoms with van der Waals surface area (Å²) in [6.07, 6.45) is 1.71. The van der Waals surface area contributed by atoms with Crippen LogP contribution in [0.5, 0.6) is 0 Å². The molecular formula is C21H23N2OPS2. The van der Waals surface area contributed by atoms with E-state index in [0.29, 0.717) is 10.4 Å². The van der Waals surface area contributed by atoms with Crippen molar-refractivity contribution in [1.29, 1.82) is 5.41 Å². The zero-order chi connectivity index (χ0) is 19.6. The molecule has 1 aliphatic heterocycles. The molecule has 0 amide bonds. The van der Waals surface area contributed by atoms with Crippen molar-refractivity contribution in [3.63, 3.8) is 0 Å². The predicted molar refractivity (Wildman–Crippen MR) is 121 cm³/mol. The molecule has 1 N–H and O–H groups in total. The number of anilines is 1. The van der Waals surface area contributed by atoms with Gasteiger partial charge in [-0.25, -0.2) is 0 Å². The third kappa shape index (κ3) is 3.96. The molecule has 2 heterocycles. The summed E-state index contributed by atoms with van der Waals surface area (Å²) in [5, 5.41) is 10.5. The van der Waals surface area contributed by atoms with Gasteiger partial charge in [-0.15, -0.1) is 11.3 Å². The normalized spacial score (nSPS) is 16.0. The van der Waals surface area contributed by atoms with Crippen molar-refractivity contribution in [3.05, 3.63) is 68.2 Å². The van der Waals surface area contributed by atoms with Crippen LogP contribution in [0.2, 0.25) is 0 Å². The molecule has 1 aromatic carbocycles. The molecule has 0 saturated heterocycles. The Labute approximate surface area is 170 Å². The van der Waals surface area contributed by atoms with Gasteiger partial charge >= 0.3 is 0 Å². The number of allylic oxidation sites excluding steroid dienone is 1. The molecule has 0 fully saturated rings. The highest BCUT2D eigenvalue weighted by atomic mass is 32.2. The number of nitrogens with one attached hydrogen (secondary N) is 1. The molecule has 0 unspecified atom stereocenters. The Morgan fingerprint density at radius 1 is 1.15 bits per heavy atom. The van der Waals surface area contributed by atoms with Gasteiger partial charge < -0.3 is 4.90 Å². The number of nitrogens with zero attached hydrogens (tertiary/aromatic N) is 1. The molecule has 3 nitrogen and oxygen atoms in total. The smallest absolute Gasteiger partial charge is 0.193 e. The van der Waals surface area contributed by atoms with E-state index < -0.39 is 0 Å². The van der Waals surface area contributed by atoms with E-state index in [9.17, 15) is 4.57 Å². The van der Waals surface area contributed by atoms with Crippen molar-refractivity contribution < 1.29 is 4.57 Å². The van der Waals surface area contributed by atoms with Crippen molar-refractivity contribution in [1.82, 2.24) is 0 Å². The van der Waals surface area contributed by atoms with Crippen LogP contribution in [0.25, 0.3) is 5.57 Å². The Morgan fingerprint density at radius 2 is 1.85 bits per heavy atom. The molecule has 0 atom stereocenters. The quantitative estimate of drug-likeness (QED) is 0.525. The van der Waals surface area contributed by atoms with E-state index in [0.717, 1.165) is 29.1 Å². The summed E-state index contributed by atoms with van der Waals surface area (Å²) in [5.74, 6) is 0. The molecule has 0 spiro atoms. The molecule has 0 radical (unpaired) electrons. The molecule has 140 valence electrons. The Balaban J connectivity index is 2.28. The van der Waals surface area contributed by atoms with Crippen LogP contribution in [-0.4, -0.2) is 18.1 Å². The second kappa shape index (κ2) is 8.55. The summed E-state index contributed by atoms with van der Waals surface area (Å²) >= 11 is 3.18. The summed E-state index contributed by atoms with van der Waals surface area (Å²) in [5.41, 5.74) is 4.63. The number of hydrogen-bond acceptors (Lipinski definition) is 5. The average Bonchev–Trinajstić information content (AvgIpc) is 3.21. The van der Waals surface area contributed by atoms with E-state index in [4.69, 9.17) is 5.41 Å². The summed E-state index contributed by atoms with van der Waals surface area (Å²) < 4.78 is 11.8. The first-order chi connectivity index (χ1) is 13.0. The largest absolute Gasteiger partial charge is 0.364 e. The molecule has 3 rings (SSSR count). The monoisotopic (exact) mass is 414 g/mol. The first kappa shape index (κ1) is 20.1. The van der Waals surface area contributed by atoms with Crippen molar-refractivity contribution in [2.45, 2.75) is 27.7 Å². The first-order valence-electron chi connectivity index (χ1n) is 8.98. The molecule has 6 heteroatoms. The number of thiophene rings is 1. The number of rotatable bonds is 6. The number of hydrogen-bond donors (Lipinski definition) is 1. The number of benzene rings is 1. The van der Waals surface area contributed by atoms with Crippen molar-refractivity contribution in [2.75, 3.05) is 18.0 Å². The Kier molecular flexibility index (Phi) is 6.36. The molecule has 2 aromatic rings. The average molecular weight is 415 g/mol. The lowest BCUT2D eigenvalue weighted by Gasteiger charge is -2.18. The highest BCUT2D eigenvalue weighted by molar-refractivity contribution is 8.18. The lowest BCUT2D eigenvalue weighted by Crippen LogP contribution is -2.20. The third-order valence-corrected chi connectivity index (χ3v) is 7.64. The SMILES string of the molecule is CCN(CC)c1cc(C)c(/C(=C2/SC(=N)C=C2P=O)c2ccccc2C)s1. The maximum atomic E-state index is 11.8. The van der Waals surface area contributed by atoms with Gasteiger partial charge in [0.25, 0.3) is 0 Å². The minimum atomic E-state index is -0.0383. The van der Waals surface area contributed by atoms with Gasteiger partial charge in [0.2, 0.25) is 0 Å². The molecule has 1 aliphatic rings. The van der Waals surface area contributed by atoms with Gasteiger partial charge in [-0.1, -0.05) is 36.0 Å². The zero-order valence-corrected chi connectivity index (χ0v) is 18.5. The highest BCUT2D eigenvalue weighted by Gasteiger charge is 2.26. The van der Waals surface area contributed by atoms with Crippen molar-refractivity contribution in [3.8, 4) is 0 Å². The summed E-state index contributed by atoms with van der Waals surface area (Å²) in [7, 11) is -0.0383. The summed E-state index contributed by atoms with van der Waals surface area (Å²) in [4.78, 5) is 4.48. The fourth-order valence-electron chi connectivity index (χ4n) is 3.23. The second-order valence-electron chi connectivity index (χ2n) is 6.38. The fraction of sp³-hybridized carbons (Fsp3) is 0.286. The van der Waals surface area contributed by atoms with Crippen LogP contribution in [0.4, 0.5) is 5.00 Å². The van der Waals surface area contributed by atoms with Crippen LogP contribution in [0, 0.1) is 19.3 Å². The standard InChI is InChI=1S/C21H23N2OPS2/c1-5-23(6-2)18-11-14(4)20(27-18)19(15-10-8-7-9-13(15)3)21-16(25-24)12-17(22)26-21/h7-12,22H,5-6H2,1-4H3/b21-19+,22-17?. The second-order valence-corrected chi connectivity index (χ2v) is 9.12. The van der Waals surface area contributed by atoms with Gasteiger partial charge in [0, 0.05) is 28.4 Å². The predicted octanol–water partition coefficient (Wildman–Crippen LogP) is 6.87. The first-order valence-corrected chi connectivity index (χ1v) is 11.4. The number of aryl methyl sites for hydroxylation is 2. The lowest BCUT2D eigenvalue weighted by atomic mass is 9.97. The molecule has 0 aliphatic carbocycles. The zero-order valence-electron chi connectivity index (χ0n) is 16.0. The Hall–Kier alpha value is -1.68.